The third-order valence-corrected chi connectivity index (χ3v) is 3.22. The normalized spacial score (nSPS) is 25.8. The lowest BCUT2D eigenvalue weighted by Crippen LogP contribution is -2.36. The zero-order valence-corrected chi connectivity index (χ0v) is 13.1. The van der Waals surface area contributed by atoms with Gasteiger partial charge in [0.1, 0.15) is 12.7 Å². The Bertz CT molecular complexity index is 604. The van der Waals surface area contributed by atoms with Crippen molar-refractivity contribution in [3.8, 4) is 0 Å². The van der Waals surface area contributed by atoms with Crippen molar-refractivity contribution in [2.24, 2.45) is 0 Å². The minimum atomic E-state index is -1.80. The van der Waals surface area contributed by atoms with Crippen LogP contribution in [0.5, 0.6) is 0 Å². The minimum Gasteiger partial charge on any atom is -0.459 e. The number of benzene rings is 1. The van der Waals surface area contributed by atoms with Crippen LogP contribution in [0, 0.1) is 0 Å². The van der Waals surface area contributed by atoms with Gasteiger partial charge < -0.3 is 18.9 Å². The third-order valence-electron chi connectivity index (χ3n) is 3.22. The molecule has 130 valence electrons. The Labute approximate surface area is 137 Å². The second kappa shape index (κ2) is 7.87. The lowest BCUT2D eigenvalue weighted by molar-refractivity contribution is -0.195. The molecule has 0 aromatic heterocycles. The maximum absolute atomic E-state index is 14.4. The van der Waals surface area contributed by atoms with Crippen molar-refractivity contribution in [3.63, 3.8) is 0 Å². The second-order valence-electron chi connectivity index (χ2n) is 5.14. The summed E-state index contributed by atoms with van der Waals surface area (Å²) in [5.74, 6) is -2.11. The molecular formula is C16H17FO7. The molecule has 8 heteroatoms. The number of halogens is 1. The summed E-state index contributed by atoms with van der Waals surface area (Å²) in [4.78, 5) is 34.0. The fourth-order valence-corrected chi connectivity index (χ4v) is 2.20. The Morgan fingerprint density at radius 2 is 1.71 bits per heavy atom. The van der Waals surface area contributed by atoms with Crippen LogP contribution in [0.15, 0.2) is 30.3 Å². The SMILES string of the molecule is CC(=O)OC1OC(COC(=O)c2ccccc2)C(F)C1OC(C)=O. The lowest BCUT2D eigenvalue weighted by Gasteiger charge is -2.18. The molecule has 0 spiro atoms. The molecule has 1 fully saturated rings. The number of carbonyl (C=O) groups is 3. The number of alkyl halides is 1. The third kappa shape index (κ3) is 4.51. The maximum Gasteiger partial charge on any atom is 0.338 e. The summed E-state index contributed by atoms with van der Waals surface area (Å²) in [6.45, 7) is 1.80. The first-order valence-corrected chi connectivity index (χ1v) is 7.24. The molecule has 4 unspecified atom stereocenters. The first kappa shape index (κ1) is 17.9. The van der Waals surface area contributed by atoms with Crippen LogP contribution in [0.4, 0.5) is 4.39 Å². The highest BCUT2D eigenvalue weighted by Gasteiger charge is 2.49. The van der Waals surface area contributed by atoms with Crippen LogP contribution in [-0.2, 0) is 28.5 Å². The van der Waals surface area contributed by atoms with Gasteiger partial charge in [0.05, 0.1) is 5.56 Å². The van der Waals surface area contributed by atoms with E-state index in [-0.39, 0.29) is 0 Å². The van der Waals surface area contributed by atoms with Crippen LogP contribution >= 0.6 is 0 Å². The lowest BCUT2D eigenvalue weighted by atomic mass is 10.1. The molecule has 24 heavy (non-hydrogen) atoms. The summed E-state index contributed by atoms with van der Waals surface area (Å²) in [5, 5.41) is 0. The topological polar surface area (TPSA) is 88.1 Å². The van der Waals surface area contributed by atoms with E-state index in [2.05, 4.69) is 0 Å². The highest BCUT2D eigenvalue weighted by atomic mass is 19.1. The molecule has 1 aromatic rings. The highest BCUT2D eigenvalue weighted by Crippen LogP contribution is 2.28. The monoisotopic (exact) mass is 340 g/mol. The zero-order chi connectivity index (χ0) is 17.7. The maximum atomic E-state index is 14.4. The number of rotatable bonds is 5. The van der Waals surface area contributed by atoms with Gasteiger partial charge >= 0.3 is 17.9 Å². The van der Waals surface area contributed by atoms with E-state index in [1.54, 1.807) is 30.3 Å². The van der Waals surface area contributed by atoms with Crippen molar-refractivity contribution >= 4 is 17.9 Å². The summed E-state index contributed by atoms with van der Waals surface area (Å²) >= 11 is 0. The molecular weight excluding hydrogens is 323 g/mol. The van der Waals surface area contributed by atoms with Crippen molar-refractivity contribution in [1.29, 1.82) is 0 Å². The summed E-state index contributed by atoms with van der Waals surface area (Å²) in [7, 11) is 0. The Morgan fingerprint density at radius 3 is 2.29 bits per heavy atom. The fraction of sp³-hybridized carbons (Fsp3) is 0.438. The molecule has 1 saturated heterocycles. The van der Waals surface area contributed by atoms with Crippen LogP contribution in [0.2, 0.25) is 0 Å². The van der Waals surface area contributed by atoms with Crippen LogP contribution in [-0.4, -0.2) is 49.2 Å². The Kier molecular flexibility index (Phi) is 5.86. The van der Waals surface area contributed by atoms with Crippen molar-refractivity contribution in [2.45, 2.75) is 38.5 Å². The predicted octanol–water partition coefficient (Wildman–Crippen LogP) is 1.40. The van der Waals surface area contributed by atoms with Crippen LogP contribution in [0.1, 0.15) is 24.2 Å². The van der Waals surface area contributed by atoms with Gasteiger partial charge in [0, 0.05) is 13.8 Å². The number of hydrogen-bond donors (Lipinski definition) is 0. The van der Waals surface area contributed by atoms with E-state index in [1.165, 1.54) is 0 Å². The van der Waals surface area contributed by atoms with Gasteiger partial charge in [0.25, 0.3) is 0 Å². The average molecular weight is 340 g/mol. The number of hydrogen-bond acceptors (Lipinski definition) is 7. The van der Waals surface area contributed by atoms with E-state index in [9.17, 15) is 18.8 Å². The van der Waals surface area contributed by atoms with E-state index in [0.717, 1.165) is 13.8 Å². The van der Waals surface area contributed by atoms with Crippen LogP contribution in [0.3, 0.4) is 0 Å². The summed E-state index contributed by atoms with van der Waals surface area (Å²) in [6.07, 6.45) is -5.82. The van der Waals surface area contributed by atoms with E-state index >= 15 is 0 Å². The van der Waals surface area contributed by atoms with E-state index < -0.39 is 49.2 Å². The quantitative estimate of drug-likeness (QED) is 0.591. The largest absolute Gasteiger partial charge is 0.459 e. The molecule has 1 heterocycles. The highest BCUT2D eigenvalue weighted by molar-refractivity contribution is 5.89. The first-order chi connectivity index (χ1) is 11.4. The van der Waals surface area contributed by atoms with Crippen molar-refractivity contribution < 1.29 is 37.7 Å². The van der Waals surface area contributed by atoms with E-state index in [4.69, 9.17) is 18.9 Å². The molecule has 1 aliphatic rings. The Balaban J connectivity index is 1.98. The van der Waals surface area contributed by atoms with Gasteiger partial charge in [-0.15, -0.1) is 0 Å². The summed E-state index contributed by atoms with van der Waals surface area (Å²) in [5.41, 5.74) is 0.305. The molecule has 0 aliphatic carbocycles. The number of ether oxygens (including phenoxy) is 4. The van der Waals surface area contributed by atoms with Gasteiger partial charge in [-0.05, 0) is 12.1 Å². The van der Waals surface area contributed by atoms with E-state index in [0.29, 0.717) is 5.56 Å². The van der Waals surface area contributed by atoms with Gasteiger partial charge in [-0.1, -0.05) is 18.2 Å². The smallest absolute Gasteiger partial charge is 0.338 e. The van der Waals surface area contributed by atoms with Crippen molar-refractivity contribution in [3.05, 3.63) is 35.9 Å². The van der Waals surface area contributed by atoms with Gasteiger partial charge in [0.15, 0.2) is 12.3 Å². The molecule has 1 aromatic carbocycles. The van der Waals surface area contributed by atoms with Crippen LogP contribution < -0.4 is 0 Å². The standard InChI is InChI=1S/C16H17FO7/c1-9(18)22-14-13(17)12(24-16(14)23-10(2)19)8-21-15(20)11-6-4-3-5-7-11/h3-7,12-14,16H,8H2,1-2H3. The van der Waals surface area contributed by atoms with Gasteiger partial charge in [-0.25, -0.2) is 9.18 Å². The molecule has 0 N–H and O–H groups in total. The van der Waals surface area contributed by atoms with E-state index in [1.807, 2.05) is 0 Å². The minimum absolute atomic E-state index is 0.305. The first-order valence-electron chi connectivity index (χ1n) is 7.24. The zero-order valence-electron chi connectivity index (χ0n) is 13.1. The van der Waals surface area contributed by atoms with Gasteiger partial charge in [-0.2, -0.15) is 0 Å². The molecule has 0 saturated carbocycles. The van der Waals surface area contributed by atoms with Crippen LogP contribution in [0.25, 0.3) is 0 Å². The number of esters is 3. The Morgan fingerprint density at radius 1 is 1.08 bits per heavy atom. The van der Waals surface area contributed by atoms with Gasteiger partial charge in [0.2, 0.25) is 6.29 Å². The Hall–Kier alpha value is -2.48. The molecule has 7 nitrogen and oxygen atoms in total. The van der Waals surface area contributed by atoms with Gasteiger partial charge in [-0.3, -0.25) is 9.59 Å². The molecule has 0 amide bonds. The summed E-state index contributed by atoms with van der Waals surface area (Å²) < 4.78 is 34.2. The number of carbonyl (C=O) groups excluding carboxylic acids is 3. The predicted molar refractivity (Wildman–Crippen MR) is 77.6 cm³/mol. The second-order valence-corrected chi connectivity index (χ2v) is 5.14. The average Bonchev–Trinajstić information content (AvgIpc) is 2.81. The van der Waals surface area contributed by atoms with Crippen molar-refractivity contribution in [2.75, 3.05) is 6.61 Å². The van der Waals surface area contributed by atoms with Crippen molar-refractivity contribution in [1.82, 2.24) is 0 Å². The molecule has 0 bridgehead atoms. The molecule has 1 aliphatic heterocycles. The molecule has 0 radical (unpaired) electrons. The summed E-state index contributed by atoms with van der Waals surface area (Å²) in [6, 6.07) is 8.16. The molecule has 4 atom stereocenters. The molecule has 2 rings (SSSR count). The fourth-order valence-electron chi connectivity index (χ4n) is 2.20.